The van der Waals surface area contributed by atoms with Crippen LogP contribution in [0.2, 0.25) is 0 Å². The first-order chi connectivity index (χ1) is 21.7. The van der Waals surface area contributed by atoms with Crippen LogP contribution in [0.25, 0.3) is 11.4 Å². The third kappa shape index (κ3) is 7.96. The molecule has 0 radical (unpaired) electrons. The van der Waals surface area contributed by atoms with E-state index in [0.717, 1.165) is 6.42 Å². The quantitative estimate of drug-likeness (QED) is 0.405. The Kier molecular flexibility index (Phi) is 10.6. The van der Waals surface area contributed by atoms with E-state index in [1.165, 1.54) is 6.20 Å². The van der Waals surface area contributed by atoms with E-state index in [1.54, 1.807) is 4.90 Å². The summed E-state index contributed by atoms with van der Waals surface area (Å²) in [6.45, 7) is 6.76. The van der Waals surface area contributed by atoms with Gasteiger partial charge in [0.15, 0.2) is 5.82 Å². The SMILES string of the molecule is CCCC(=O)CCC(=O)N1CCC(C(=O)N2CCN(c3nc(-c4cnc(N)nc4C(F)F)nc(N4CCOCC4)n3)CC2)CC1. The molecular formula is C29H40F2N10O4. The van der Waals surface area contributed by atoms with Gasteiger partial charge >= 0.3 is 0 Å². The fraction of sp³-hybridized carbons (Fsp3) is 0.655. The molecule has 0 bridgehead atoms. The number of nitrogen functional groups attached to an aromatic ring is 1. The molecule has 45 heavy (non-hydrogen) atoms. The minimum Gasteiger partial charge on any atom is -0.378 e. The predicted molar refractivity (Wildman–Crippen MR) is 161 cm³/mol. The van der Waals surface area contributed by atoms with E-state index in [-0.39, 0.29) is 53.7 Å². The fourth-order valence-corrected chi connectivity index (χ4v) is 5.84. The number of amides is 2. The Morgan fingerprint density at radius 2 is 1.51 bits per heavy atom. The Balaban J connectivity index is 1.23. The second-order valence-electron chi connectivity index (χ2n) is 11.4. The number of nitrogens with zero attached hydrogens (tertiary/aromatic N) is 9. The Labute approximate surface area is 260 Å². The largest absolute Gasteiger partial charge is 0.378 e. The van der Waals surface area contributed by atoms with Gasteiger partial charge in [0.1, 0.15) is 11.5 Å². The smallest absolute Gasteiger partial charge is 0.281 e. The van der Waals surface area contributed by atoms with E-state index in [4.69, 9.17) is 10.5 Å². The zero-order chi connectivity index (χ0) is 31.9. The van der Waals surface area contributed by atoms with Gasteiger partial charge in [0.05, 0.1) is 18.8 Å². The van der Waals surface area contributed by atoms with E-state index in [9.17, 15) is 23.2 Å². The average Bonchev–Trinajstić information content (AvgIpc) is 3.07. The van der Waals surface area contributed by atoms with E-state index < -0.39 is 12.1 Å². The summed E-state index contributed by atoms with van der Waals surface area (Å²) in [6, 6.07) is 0. The molecule has 16 heteroatoms. The van der Waals surface area contributed by atoms with Crippen molar-refractivity contribution >= 4 is 35.4 Å². The molecule has 2 N–H and O–H groups in total. The molecule has 3 saturated heterocycles. The van der Waals surface area contributed by atoms with Crippen molar-refractivity contribution in [3.05, 3.63) is 11.9 Å². The van der Waals surface area contributed by atoms with Gasteiger partial charge in [0, 0.05) is 83.7 Å². The zero-order valence-electron chi connectivity index (χ0n) is 25.5. The number of likely N-dealkylation sites (tertiary alicyclic amines) is 1. The van der Waals surface area contributed by atoms with Gasteiger partial charge in [-0.15, -0.1) is 0 Å². The van der Waals surface area contributed by atoms with Gasteiger partial charge in [-0.2, -0.15) is 15.0 Å². The highest BCUT2D eigenvalue weighted by Crippen LogP contribution is 2.30. The molecule has 5 rings (SSSR count). The van der Waals surface area contributed by atoms with Crippen molar-refractivity contribution in [3.8, 4) is 11.4 Å². The number of hydrogen-bond donors (Lipinski definition) is 1. The summed E-state index contributed by atoms with van der Waals surface area (Å²) in [7, 11) is 0. The van der Waals surface area contributed by atoms with Crippen LogP contribution in [-0.2, 0) is 19.1 Å². The summed E-state index contributed by atoms with van der Waals surface area (Å²) in [4.78, 5) is 66.5. The number of anilines is 3. The number of nitrogens with two attached hydrogens (primary N) is 1. The number of ether oxygens (including phenoxy) is 1. The van der Waals surface area contributed by atoms with Crippen molar-refractivity contribution in [2.45, 2.75) is 51.9 Å². The van der Waals surface area contributed by atoms with Crippen molar-refractivity contribution in [1.82, 2.24) is 34.7 Å². The molecule has 14 nitrogen and oxygen atoms in total. The first-order valence-electron chi connectivity index (χ1n) is 15.6. The average molecular weight is 631 g/mol. The lowest BCUT2D eigenvalue weighted by Gasteiger charge is -2.38. The van der Waals surface area contributed by atoms with Crippen LogP contribution in [0.5, 0.6) is 0 Å². The third-order valence-corrected chi connectivity index (χ3v) is 8.41. The molecule has 244 valence electrons. The Morgan fingerprint density at radius 1 is 0.867 bits per heavy atom. The number of piperidine rings is 1. The number of alkyl halides is 2. The number of hydrogen-bond acceptors (Lipinski definition) is 12. The normalized spacial score (nSPS) is 18.0. The van der Waals surface area contributed by atoms with Crippen molar-refractivity contribution in [1.29, 1.82) is 0 Å². The molecule has 3 aliphatic rings. The molecule has 3 aliphatic heterocycles. The summed E-state index contributed by atoms with van der Waals surface area (Å²) in [6.07, 6.45) is 1.24. The maximum Gasteiger partial charge on any atom is 0.281 e. The number of aromatic nitrogens is 5. The lowest BCUT2D eigenvalue weighted by atomic mass is 9.94. The Bertz CT molecular complexity index is 1360. The summed E-state index contributed by atoms with van der Waals surface area (Å²) in [5.74, 6) is 0.374. The van der Waals surface area contributed by atoms with Gasteiger partial charge < -0.3 is 30.1 Å². The highest BCUT2D eigenvalue weighted by Gasteiger charge is 2.33. The topological polar surface area (TPSA) is 164 Å². The van der Waals surface area contributed by atoms with Crippen molar-refractivity contribution in [2.24, 2.45) is 5.92 Å². The predicted octanol–water partition coefficient (Wildman–Crippen LogP) is 1.72. The van der Waals surface area contributed by atoms with Crippen LogP contribution in [0.1, 0.15) is 57.6 Å². The number of Topliss-reactive ketones (excluding diaryl/α,β-unsaturated/α-hetero) is 1. The number of rotatable bonds is 10. The van der Waals surface area contributed by atoms with Crippen LogP contribution in [-0.4, -0.2) is 118 Å². The second kappa shape index (κ2) is 14.8. The Hall–Kier alpha value is -4.08. The lowest BCUT2D eigenvalue weighted by Crippen LogP contribution is -2.52. The van der Waals surface area contributed by atoms with Crippen molar-refractivity contribution in [2.75, 3.05) is 81.1 Å². The second-order valence-corrected chi connectivity index (χ2v) is 11.4. The van der Waals surface area contributed by atoms with Gasteiger partial charge in [0.25, 0.3) is 6.43 Å². The number of ketones is 1. The standard InChI is InChI=1S/C29H40F2N10O4/c1-2-3-20(42)4-5-22(43)38-8-6-19(7-9-38)26(44)39-10-12-40(13-11-39)28-35-25(21-18-33-27(32)34-23(21)24(30)31)36-29(37-28)41-14-16-45-17-15-41/h18-19,24H,2-17H2,1H3,(H2,32,33,34). The lowest BCUT2D eigenvalue weighted by molar-refractivity contribution is -0.141. The molecule has 0 spiro atoms. The molecular weight excluding hydrogens is 590 g/mol. The number of piperazine rings is 1. The highest BCUT2D eigenvalue weighted by atomic mass is 19.3. The van der Waals surface area contributed by atoms with Gasteiger partial charge in [-0.1, -0.05) is 6.92 Å². The number of morpholine rings is 1. The number of carbonyl (C=O) groups excluding carboxylic acids is 3. The van der Waals surface area contributed by atoms with Crippen LogP contribution in [0.4, 0.5) is 26.6 Å². The Morgan fingerprint density at radius 3 is 2.13 bits per heavy atom. The number of halogens is 2. The molecule has 2 aromatic heterocycles. The third-order valence-electron chi connectivity index (χ3n) is 8.41. The summed E-state index contributed by atoms with van der Waals surface area (Å²) >= 11 is 0. The zero-order valence-corrected chi connectivity index (χ0v) is 25.5. The molecule has 5 heterocycles. The first kappa shape index (κ1) is 32.3. The highest BCUT2D eigenvalue weighted by molar-refractivity contribution is 5.85. The van der Waals surface area contributed by atoms with E-state index in [0.29, 0.717) is 96.7 Å². The van der Waals surface area contributed by atoms with Crippen molar-refractivity contribution in [3.63, 3.8) is 0 Å². The molecule has 0 aliphatic carbocycles. The summed E-state index contributed by atoms with van der Waals surface area (Å²) < 4.78 is 33.3. The molecule has 0 atom stereocenters. The first-order valence-corrected chi connectivity index (χ1v) is 15.6. The van der Waals surface area contributed by atoms with Crippen LogP contribution in [0.3, 0.4) is 0 Å². The van der Waals surface area contributed by atoms with Crippen LogP contribution >= 0.6 is 0 Å². The molecule has 3 fully saturated rings. The maximum atomic E-state index is 13.9. The monoisotopic (exact) mass is 630 g/mol. The van der Waals surface area contributed by atoms with E-state index in [2.05, 4.69) is 24.9 Å². The maximum absolute atomic E-state index is 13.9. The van der Waals surface area contributed by atoms with E-state index in [1.807, 2.05) is 21.6 Å². The van der Waals surface area contributed by atoms with Crippen LogP contribution < -0.4 is 15.5 Å². The minimum atomic E-state index is -2.91. The molecule has 0 unspecified atom stereocenters. The van der Waals surface area contributed by atoms with Gasteiger partial charge in [-0.05, 0) is 19.3 Å². The summed E-state index contributed by atoms with van der Waals surface area (Å²) in [5.41, 5.74) is 5.00. The van der Waals surface area contributed by atoms with Gasteiger partial charge in [0.2, 0.25) is 29.7 Å². The summed E-state index contributed by atoms with van der Waals surface area (Å²) in [5, 5.41) is 0. The fourth-order valence-electron chi connectivity index (χ4n) is 5.84. The van der Waals surface area contributed by atoms with Crippen LogP contribution in [0, 0.1) is 5.92 Å². The van der Waals surface area contributed by atoms with Crippen LogP contribution in [0.15, 0.2) is 6.20 Å². The molecule has 2 aromatic rings. The molecule has 0 aromatic carbocycles. The molecule has 2 amide bonds. The van der Waals surface area contributed by atoms with Gasteiger partial charge in [-0.25, -0.2) is 18.7 Å². The van der Waals surface area contributed by atoms with Crippen molar-refractivity contribution < 1.29 is 27.9 Å². The molecule has 0 saturated carbocycles. The minimum absolute atomic E-state index is 0.0198. The van der Waals surface area contributed by atoms with E-state index >= 15 is 0 Å². The number of carbonyl (C=O) groups is 3. The van der Waals surface area contributed by atoms with Gasteiger partial charge in [-0.3, -0.25) is 14.4 Å².